The van der Waals surface area contributed by atoms with Crippen molar-refractivity contribution in [1.82, 2.24) is 5.32 Å². The van der Waals surface area contributed by atoms with E-state index in [0.717, 1.165) is 19.3 Å². The normalized spacial score (nSPS) is 16.0. The lowest BCUT2D eigenvalue weighted by Crippen LogP contribution is -2.34. The van der Waals surface area contributed by atoms with E-state index in [1.807, 2.05) is 0 Å². The zero-order chi connectivity index (χ0) is 21.9. The van der Waals surface area contributed by atoms with Gasteiger partial charge in [0.1, 0.15) is 5.82 Å². The number of aryl methyl sites for hydroxylation is 1. The number of nitrogens with one attached hydrogen (secondary N) is 1. The zero-order valence-corrected chi connectivity index (χ0v) is 16.5. The number of carbonyl (C=O) groups is 2. The Morgan fingerprint density at radius 3 is 2.47 bits per heavy atom. The summed E-state index contributed by atoms with van der Waals surface area (Å²) in [6.07, 6.45) is 2.77. The lowest BCUT2D eigenvalue weighted by Gasteiger charge is -2.27. The third-order valence-corrected chi connectivity index (χ3v) is 4.68. The summed E-state index contributed by atoms with van der Waals surface area (Å²) in [5.74, 6) is -3.92. The number of hydrogen-bond donors (Lipinski definition) is 4. The first-order valence-corrected chi connectivity index (χ1v) is 9.65. The SMILES string of the molecule is O=C(O)C(=O)O.OC(CNC1CCCc2ccccc21)COCc1ccccc1F. The molecule has 2 atom stereocenters. The van der Waals surface area contributed by atoms with Crippen LogP contribution in [-0.2, 0) is 27.4 Å². The summed E-state index contributed by atoms with van der Waals surface area (Å²) >= 11 is 0. The van der Waals surface area contributed by atoms with Gasteiger partial charge in [-0.05, 0) is 36.5 Å². The van der Waals surface area contributed by atoms with E-state index in [1.165, 1.54) is 17.2 Å². The summed E-state index contributed by atoms with van der Waals surface area (Å²) in [6, 6.07) is 15.3. The second kappa shape index (κ2) is 12.0. The zero-order valence-electron chi connectivity index (χ0n) is 16.5. The number of carboxylic acids is 2. The quantitative estimate of drug-likeness (QED) is 0.510. The predicted octanol–water partition coefficient (Wildman–Crippen LogP) is 2.53. The number of aliphatic hydroxyl groups is 1. The third kappa shape index (κ3) is 7.55. The number of fused-ring (bicyclic) bond motifs is 1. The van der Waals surface area contributed by atoms with Crippen molar-refractivity contribution in [3.8, 4) is 0 Å². The Hall–Kier alpha value is -2.81. The van der Waals surface area contributed by atoms with Crippen LogP contribution in [0.1, 0.15) is 35.6 Å². The van der Waals surface area contributed by atoms with Crippen molar-refractivity contribution in [3.63, 3.8) is 0 Å². The van der Waals surface area contributed by atoms with E-state index >= 15 is 0 Å². The fraction of sp³-hybridized carbons (Fsp3) is 0.364. The summed E-state index contributed by atoms with van der Waals surface area (Å²) in [7, 11) is 0. The molecule has 0 bridgehead atoms. The minimum atomic E-state index is -1.82. The van der Waals surface area contributed by atoms with Gasteiger partial charge in [0.2, 0.25) is 0 Å². The number of carboxylic acid groups (broad SMARTS) is 2. The van der Waals surface area contributed by atoms with Crippen LogP contribution in [0.5, 0.6) is 0 Å². The van der Waals surface area contributed by atoms with Crippen molar-refractivity contribution in [2.75, 3.05) is 13.2 Å². The summed E-state index contributed by atoms with van der Waals surface area (Å²) in [5, 5.41) is 28.3. The van der Waals surface area contributed by atoms with Gasteiger partial charge in [0.25, 0.3) is 0 Å². The molecule has 3 rings (SSSR count). The van der Waals surface area contributed by atoms with Gasteiger partial charge in [-0.2, -0.15) is 0 Å². The van der Waals surface area contributed by atoms with Crippen molar-refractivity contribution in [1.29, 1.82) is 0 Å². The number of aliphatic hydroxyl groups excluding tert-OH is 1. The first-order chi connectivity index (χ1) is 14.4. The van der Waals surface area contributed by atoms with E-state index in [4.69, 9.17) is 24.5 Å². The van der Waals surface area contributed by atoms with Crippen molar-refractivity contribution < 1.29 is 34.0 Å². The fourth-order valence-corrected chi connectivity index (χ4v) is 3.22. The molecule has 0 fully saturated rings. The van der Waals surface area contributed by atoms with Crippen molar-refractivity contribution in [3.05, 3.63) is 71.0 Å². The van der Waals surface area contributed by atoms with Gasteiger partial charge >= 0.3 is 11.9 Å². The first kappa shape index (κ1) is 23.5. The molecule has 0 saturated carbocycles. The highest BCUT2D eigenvalue weighted by Crippen LogP contribution is 2.29. The highest BCUT2D eigenvalue weighted by atomic mass is 19.1. The topological polar surface area (TPSA) is 116 Å². The minimum Gasteiger partial charge on any atom is -0.473 e. The maximum absolute atomic E-state index is 13.5. The van der Waals surface area contributed by atoms with E-state index in [0.29, 0.717) is 12.1 Å². The van der Waals surface area contributed by atoms with Gasteiger partial charge in [0, 0.05) is 18.2 Å². The second-order valence-electron chi connectivity index (χ2n) is 6.92. The van der Waals surface area contributed by atoms with E-state index < -0.39 is 18.0 Å². The van der Waals surface area contributed by atoms with Gasteiger partial charge < -0.3 is 25.4 Å². The Bertz CT molecular complexity index is 832. The van der Waals surface area contributed by atoms with E-state index in [1.54, 1.807) is 18.2 Å². The number of hydrogen-bond acceptors (Lipinski definition) is 5. The molecule has 2 unspecified atom stereocenters. The van der Waals surface area contributed by atoms with Gasteiger partial charge in [-0.3, -0.25) is 0 Å². The summed E-state index contributed by atoms with van der Waals surface area (Å²) in [5.41, 5.74) is 3.24. The monoisotopic (exact) mass is 419 g/mol. The largest absolute Gasteiger partial charge is 0.473 e. The molecule has 7 nitrogen and oxygen atoms in total. The van der Waals surface area contributed by atoms with Crippen LogP contribution in [0.15, 0.2) is 48.5 Å². The lowest BCUT2D eigenvalue weighted by atomic mass is 9.88. The Morgan fingerprint density at radius 1 is 1.10 bits per heavy atom. The number of halogens is 1. The predicted molar refractivity (Wildman–Crippen MR) is 107 cm³/mol. The molecule has 0 aromatic heterocycles. The van der Waals surface area contributed by atoms with Crippen molar-refractivity contribution in [2.24, 2.45) is 0 Å². The molecular weight excluding hydrogens is 393 g/mol. The number of ether oxygens (including phenoxy) is 1. The summed E-state index contributed by atoms with van der Waals surface area (Å²) < 4.78 is 18.9. The standard InChI is InChI=1S/C20H24FNO2.C2H2O4/c21-19-10-4-2-7-16(19)13-24-14-17(23)12-22-20-11-5-8-15-6-1-3-9-18(15)20;3-1(4)2(5)6/h1-4,6-7,9-10,17,20,22-23H,5,8,11-14H2;(H,3,4)(H,5,6). The van der Waals surface area contributed by atoms with Crippen molar-refractivity contribution in [2.45, 2.75) is 38.0 Å². The number of aliphatic carboxylic acids is 2. The maximum Gasteiger partial charge on any atom is 0.414 e. The van der Waals surface area contributed by atoms with Crippen LogP contribution in [-0.4, -0.2) is 46.5 Å². The molecule has 2 aromatic carbocycles. The molecule has 8 heteroatoms. The Morgan fingerprint density at radius 2 is 1.77 bits per heavy atom. The van der Waals surface area contributed by atoms with Crippen LogP contribution in [0.4, 0.5) is 4.39 Å². The molecule has 1 aliphatic carbocycles. The van der Waals surface area contributed by atoms with Crippen LogP contribution >= 0.6 is 0 Å². The van der Waals surface area contributed by atoms with Gasteiger partial charge in [-0.25, -0.2) is 14.0 Å². The van der Waals surface area contributed by atoms with Gasteiger partial charge in [0.15, 0.2) is 0 Å². The van der Waals surface area contributed by atoms with Crippen molar-refractivity contribution >= 4 is 11.9 Å². The highest BCUT2D eigenvalue weighted by Gasteiger charge is 2.20. The molecule has 0 radical (unpaired) electrons. The smallest absolute Gasteiger partial charge is 0.414 e. The van der Waals surface area contributed by atoms with Gasteiger partial charge in [-0.15, -0.1) is 0 Å². The minimum absolute atomic E-state index is 0.177. The molecule has 30 heavy (non-hydrogen) atoms. The highest BCUT2D eigenvalue weighted by molar-refractivity contribution is 6.27. The van der Waals surface area contributed by atoms with Crippen LogP contribution in [0, 0.1) is 5.82 Å². The summed E-state index contributed by atoms with van der Waals surface area (Å²) in [6.45, 7) is 0.835. The van der Waals surface area contributed by atoms with Crippen LogP contribution in [0.3, 0.4) is 0 Å². The number of rotatable bonds is 7. The van der Waals surface area contributed by atoms with E-state index in [-0.39, 0.29) is 25.1 Å². The lowest BCUT2D eigenvalue weighted by molar-refractivity contribution is -0.159. The van der Waals surface area contributed by atoms with Gasteiger partial charge in [-0.1, -0.05) is 42.5 Å². The molecule has 162 valence electrons. The Labute approximate surface area is 174 Å². The summed E-state index contributed by atoms with van der Waals surface area (Å²) in [4.78, 5) is 18.2. The maximum atomic E-state index is 13.5. The van der Waals surface area contributed by atoms with E-state index in [9.17, 15) is 9.50 Å². The molecule has 2 aromatic rings. The Kier molecular flexibility index (Phi) is 9.40. The van der Waals surface area contributed by atoms with E-state index in [2.05, 4.69) is 29.6 Å². The van der Waals surface area contributed by atoms with Gasteiger partial charge in [0.05, 0.1) is 19.3 Å². The molecular formula is C22H26FNO6. The molecule has 0 spiro atoms. The van der Waals surface area contributed by atoms with Crippen LogP contribution in [0.2, 0.25) is 0 Å². The third-order valence-electron chi connectivity index (χ3n) is 4.68. The van der Waals surface area contributed by atoms with Crippen LogP contribution < -0.4 is 5.32 Å². The first-order valence-electron chi connectivity index (χ1n) is 9.65. The fourth-order valence-electron chi connectivity index (χ4n) is 3.22. The molecule has 0 heterocycles. The molecule has 0 aliphatic heterocycles. The van der Waals surface area contributed by atoms with Crippen LogP contribution in [0.25, 0.3) is 0 Å². The second-order valence-corrected chi connectivity index (χ2v) is 6.92. The molecule has 0 amide bonds. The molecule has 1 aliphatic rings. The molecule has 0 saturated heterocycles. The number of benzene rings is 2. The molecule has 4 N–H and O–H groups in total. The Balaban J connectivity index is 0.000000469. The average molecular weight is 419 g/mol. The average Bonchev–Trinajstić information content (AvgIpc) is 2.74.